The number of methoxy groups -OCH3 is 3. The van der Waals surface area contributed by atoms with Gasteiger partial charge in [-0.1, -0.05) is 12.1 Å². The van der Waals surface area contributed by atoms with Gasteiger partial charge in [-0.25, -0.2) is 9.59 Å². The van der Waals surface area contributed by atoms with Gasteiger partial charge in [-0.05, 0) is 35.9 Å². The number of amides is 1. The van der Waals surface area contributed by atoms with Crippen LogP contribution in [-0.4, -0.2) is 51.8 Å². The van der Waals surface area contributed by atoms with Crippen molar-refractivity contribution in [3.8, 4) is 5.75 Å². The Hall–Kier alpha value is -3.88. The zero-order chi connectivity index (χ0) is 22.1. The van der Waals surface area contributed by atoms with Gasteiger partial charge in [0.15, 0.2) is 6.61 Å². The summed E-state index contributed by atoms with van der Waals surface area (Å²) in [7, 11) is 3.90. The molecule has 0 fully saturated rings. The van der Waals surface area contributed by atoms with E-state index in [0.717, 1.165) is 0 Å². The average molecular weight is 415 g/mol. The van der Waals surface area contributed by atoms with Crippen molar-refractivity contribution in [3.63, 3.8) is 0 Å². The van der Waals surface area contributed by atoms with Crippen LogP contribution in [0.5, 0.6) is 5.75 Å². The van der Waals surface area contributed by atoms with Gasteiger partial charge in [0.2, 0.25) is 0 Å². The lowest BCUT2D eigenvalue weighted by Crippen LogP contribution is -2.23. The number of carbonyl (C=O) groups excluding carboxylic acids is 4. The Morgan fingerprint density at radius 1 is 0.900 bits per heavy atom. The average Bonchev–Trinajstić information content (AvgIpc) is 2.76. The van der Waals surface area contributed by atoms with Gasteiger partial charge in [0.05, 0.1) is 44.6 Å². The maximum atomic E-state index is 12.2. The lowest BCUT2D eigenvalue weighted by Gasteiger charge is -2.12. The highest BCUT2D eigenvalue weighted by molar-refractivity contribution is 6.04. The number of hydrogen-bond acceptors (Lipinski definition) is 8. The Labute approximate surface area is 172 Å². The number of hydrogen-bond donors (Lipinski definition) is 1. The molecule has 0 aromatic heterocycles. The number of benzene rings is 2. The second kappa shape index (κ2) is 10.6. The topological polar surface area (TPSA) is 117 Å². The molecule has 0 aliphatic rings. The van der Waals surface area contributed by atoms with Crippen LogP contribution >= 0.6 is 0 Å². The van der Waals surface area contributed by atoms with Gasteiger partial charge in [-0.2, -0.15) is 0 Å². The lowest BCUT2D eigenvalue weighted by atomic mass is 10.1. The minimum atomic E-state index is -0.711. The Kier molecular flexibility index (Phi) is 7.92. The summed E-state index contributed by atoms with van der Waals surface area (Å²) in [6, 6.07) is 10.8. The van der Waals surface area contributed by atoms with Crippen LogP contribution in [0.4, 0.5) is 5.69 Å². The first-order valence-corrected chi connectivity index (χ1v) is 8.77. The minimum absolute atomic E-state index is 0.0265. The predicted molar refractivity (Wildman–Crippen MR) is 105 cm³/mol. The van der Waals surface area contributed by atoms with E-state index in [2.05, 4.69) is 14.8 Å². The number of ether oxygens (including phenoxy) is 4. The Balaban J connectivity index is 2.03. The van der Waals surface area contributed by atoms with E-state index in [4.69, 9.17) is 9.47 Å². The summed E-state index contributed by atoms with van der Waals surface area (Å²) < 4.78 is 19.4. The SMILES string of the molecule is COC(=O)c1ccc(C(=O)OC)c(NC(=O)COC(=O)Cc2cccc(OC)c2)c1. The number of carbonyl (C=O) groups is 4. The van der Waals surface area contributed by atoms with Crippen LogP contribution < -0.4 is 10.1 Å². The van der Waals surface area contributed by atoms with E-state index >= 15 is 0 Å². The fraction of sp³-hybridized carbons (Fsp3) is 0.238. The van der Waals surface area contributed by atoms with E-state index in [1.54, 1.807) is 24.3 Å². The number of esters is 3. The zero-order valence-corrected chi connectivity index (χ0v) is 16.7. The van der Waals surface area contributed by atoms with Crippen molar-refractivity contribution < 1.29 is 38.1 Å². The van der Waals surface area contributed by atoms with Gasteiger partial charge in [0.1, 0.15) is 5.75 Å². The molecule has 0 aliphatic carbocycles. The molecule has 0 atom stereocenters. The van der Waals surface area contributed by atoms with E-state index in [0.29, 0.717) is 11.3 Å². The molecule has 0 bridgehead atoms. The predicted octanol–water partition coefficient (Wildman–Crippen LogP) is 1.99. The Morgan fingerprint density at radius 2 is 1.63 bits per heavy atom. The molecule has 2 aromatic rings. The third-order valence-corrected chi connectivity index (χ3v) is 3.97. The van der Waals surface area contributed by atoms with Crippen molar-refractivity contribution in [1.29, 1.82) is 0 Å². The number of nitrogens with one attached hydrogen (secondary N) is 1. The third kappa shape index (κ3) is 6.06. The van der Waals surface area contributed by atoms with Gasteiger partial charge >= 0.3 is 17.9 Å². The first kappa shape index (κ1) is 22.4. The summed E-state index contributed by atoms with van der Waals surface area (Å²) in [5.74, 6) is -2.07. The summed E-state index contributed by atoms with van der Waals surface area (Å²) in [4.78, 5) is 47.8. The van der Waals surface area contributed by atoms with E-state index in [9.17, 15) is 19.2 Å². The fourth-order valence-corrected chi connectivity index (χ4v) is 2.51. The van der Waals surface area contributed by atoms with Crippen LogP contribution in [0.3, 0.4) is 0 Å². The van der Waals surface area contributed by atoms with Crippen LogP contribution in [0.15, 0.2) is 42.5 Å². The van der Waals surface area contributed by atoms with Crippen LogP contribution in [0, 0.1) is 0 Å². The highest BCUT2D eigenvalue weighted by Crippen LogP contribution is 2.20. The summed E-state index contributed by atoms with van der Waals surface area (Å²) in [5.41, 5.74) is 0.841. The molecule has 0 saturated carbocycles. The summed E-state index contributed by atoms with van der Waals surface area (Å²) in [5, 5.41) is 2.44. The number of anilines is 1. The molecule has 1 amide bonds. The van der Waals surface area contributed by atoms with Gasteiger partial charge in [0, 0.05) is 0 Å². The first-order valence-electron chi connectivity index (χ1n) is 8.77. The van der Waals surface area contributed by atoms with Crippen LogP contribution in [0.25, 0.3) is 0 Å². The number of rotatable bonds is 8. The lowest BCUT2D eigenvalue weighted by molar-refractivity contribution is -0.146. The molecule has 0 aliphatic heterocycles. The molecule has 2 rings (SSSR count). The molecule has 0 saturated heterocycles. The highest BCUT2D eigenvalue weighted by Gasteiger charge is 2.18. The molecule has 0 unspecified atom stereocenters. The maximum absolute atomic E-state index is 12.2. The van der Waals surface area contributed by atoms with Gasteiger partial charge < -0.3 is 24.3 Å². The molecule has 30 heavy (non-hydrogen) atoms. The minimum Gasteiger partial charge on any atom is -0.497 e. The van der Waals surface area contributed by atoms with E-state index in [1.165, 1.54) is 39.5 Å². The van der Waals surface area contributed by atoms with E-state index in [1.807, 2.05) is 0 Å². The Morgan fingerprint density at radius 3 is 2.30 bits per heavy atom. The van der Waals surface area contributed by atoms with Crippen molar-refractivity contribution in [2.75, 3.05) is 33.3 Å². The van der Waals surface area contributed by atoms with Crippen molar-refractivity contribution in [1.82, 2.24) is 0 Å². The molecule has 0 spiro atoms. The molecule has 1 N–H and O–H groups in total. The first-order chi connectivity index (χ1) is 14.4. The second-order valence-corrected chi connectivity index (χ2v) is 5.98. The standard InChI is InChI=1S/C21H21NO8/c1-27-15-6-4-5-13(9-15)10-19(24)30-12-18(23)22-17-11-14(20(25)28-2)7-8-16(17)21(26)29-3/h4-9,11H,10,12H2,1-3H3,(H,22,23). The van der Waals surface area contributed by atoms with E-state index < -0.39 is 30.4 Å². The molecular formula is C21H21NO8. The maximum Gasteiger partial charge on any atom is 0.339 e. The van der Waals surface area contributed by atoms with Crippen LogP contribution in [0.2, 0.25) is 0 Å². The summed E-state index contributed by atoms with van der Waals surface area (Å²) in [6.07, 6.45) is -0.0459. The second-order valence-electron chi connectivity index (χ2n) is 5.98. The quantitative estimate of drug-likeness (QED) is 0.514. The van der Waals surface area contributed by atoms with Gasteiger partial charge in [0.25, 0.3) is 5.91 Å². The molecular weight excluding hydrogens is 394 g/mol. The fourth-order valence-electron chi connectivity index (χ4n) is 2.51. The summed E-state index contributed by atoms with van der Waals surface area (Å²) >= 11 is 0. The van der Waals surface area contributed by atoms with E-state index in [-0.39, 0.29) is 23.2 Å². The van der Waals surface area contributed by atoms with Crippen molar-refractivity contribution in [2.24, 2.45) is 0 Å². The molecule has 0 heterocycles. The molecule has 158 valence electrons. The molecule has 0 radical (unpaired) electrons. The molecule has 9 heteroatoms. The van der Waals surface area contributed by atoms with Crippen LogP contribution in [-0.2, 0) is 30.2 Å². The zero-order valence-electron chi connectivity index (χ0n) is 16.7. The molecule has 2 aromatic carbocycles. The van der Waals surface area contributed by atoms with Crippen molar-refractivity contribution in [2.45, 2.75) is 6.42 Å². The smallest absolute Gasteiger partial charge is 0.339 e. The third-order valence-electron chi connectivity index (χ3n) is 3.97. The molecule has 9 nitrogen and oxygen atoms in total. The van der Waals surface area contributed by atoms with Crippen LogP contribution in [0.1, 0.15) is 26.3 Å². The monoisotopic (exact) mass is 415 g/mol. The summed E-state index contributed by atoms with van der Waals surface area (Å²) in [6.45, 7) is -0.578. The van der Waals surface area contributed by atoms with Gasteiger partial charge in [-0.3, -0.25) is 9.59 Å². The van der Waals surface area contributed by atoms with Gasteiger partial charge in [-0.15, -0.1) is 0 Å². The van der Waals surface area contributed by atoms with Crippen molar-refractivity contribution >= 4 is 29.5 Å². The normalized spacial score (nSPS) is 9.97. The largest absolute Gasteiger partial charge is 0.497 e. The Bertz CT molecular complexity index is 954. The van der Waals surface area contributed by atoms with Crippen molar-refractivity contribution in [3.05, 3.63) is 59.2 Å². The highest BCUT2D eigenvalue weighted by atomic mass is 16.5.